The van der Waals surface area contributed by atoms with E-state index in [4.69, 9.17) is 37.9 Å². The van der Waals surface area contributed by atoms with Crippen molar-refractivity contribution in [1.29, 1.82) is 0 Å². The third-order valence-electron chi connectivity index (χ3n) is 15.0. The normalized spacial score (nSPS) is 43.0. The number of cyclic esters (lactones) is 1. The first kappa shape index (κ1) is 52.6. The fourth-order valence-electron chi connectivity index (χ4n) is 11.2. The number of aliphatic hydroxyl groups excluding tert-OH is 2. The Hall–Kier alpha value is -2.34. The highest BCUT2D eigenvalue weighted by molar-refractivity contribution is 5.84. The summed E-state index contributed by atoms with van der Waals surface area (Å²) in [4.78, 5) is 33.9. The van der Waals surface area contributed by atoms with Crippen LogP contribution in [0.1, 0.15) is 100 Å². The van der Waals surface area contributed by atoms with Gasteiger partial charge in [0.25, 0.3) is 0 Å². The van der Waals surface area contributed by atoms with E-state index in [1.807, 2.05) is 99.6 Å². The van der Waals surface area contributed by atoms with E-state index in [0.29, 0.717) is 25.9 Å². The van der Waals surface area contributed by atoms with Gasteiger partial charge in [0.2, 0.25) is 0 Å². The molecule has 4 aliphatic rings. The Morgan fingerprint density at radius 2 is 1.58 bits per heavy atom. The summed E-state index contributed by atoms with van der Waals surface area (Å²) in [5.74, 6) is -3.62. The monoisotopic (exact) mass is 903 g/mol. The topological polar surface area (TPSA) is 155 Å². The van der Waals surface area contributed by atoms with Crippen LogP contribution in [0.15, 0.2) is 42.5 Å². The highest BCUT2D eigenvalue weighted by atomic mass is 16.7. The zero-order valence-corrected chi connectivity index (χ0v) is 41.3. The highest BCUT2D eigenvalue weighted by Crippen LogP contribution is 2.47. The van der Waals surface area contributed by atoms with Crippen LogP contribution in [0.4, 0.5) is 0 Å². The van der Waals surface area contributed by atoms with Crippen molar-refractivity contribution in [3.05, 3.63) is 48.0 Å². The van der Waals surface area contributed by atoms with Crippen LogP contribution < -0.4 is 0 Å². The van der Waals surface area contributed by atoms with Crippen LogP contribution in [-0.4, -0.2) is 158 Å². The van der Waals surface area contributed by atoms with Crippen molar-refractivity contribution in [1.82, 2.24) is 9.80 Å². The maximum absolute atomic E-state index is 14.9. The fourth-order valence-corrected chi connectivity index (χ4v) is 11.2. The molecule has 64 heavy (non-hydrogen) atoms. The molecule has 3 unspecified atom stereocenters. The third-order valence-corrected chi connectivity index (χ3v) is 15.0. The lowest BCUT2D eigenvalue weighted by molar-refractivity contribution is -0.320. The van der Waals surface area contributed by atoms with Crippen molar-refractivity contribution < 1.29 is 57.7 Å². The number of benzene rings is 1. The molecule has 18 atom stereocenters. The first-order chi connectivity index (χ1) is 30.0. The van der Waals surface area contributed by atoms with Gasteiger partial charge in [0.1, 0.15) is 29.7 Å². The van der Waals surface area contributed by atoms with Gasteiger partial charge in [-0.15, -0.1) is 0 Å². The van der Waals surface area contributed by atoms with Crippen molar-refractivity contribution >= 4 is 11.8 Å². The molecule has 2 N–H and O–H groups in total. The summed E-state index contributed by atoms with van der Waals surface area (Å²) in [7, 11) is 7.43. The average Bonchev–Trinajstić information content (AvgIpc) is 3.56. The van der Waals surface area contributed by atoms with Crippen LogP contribution in [0.5, 0.6) is 0 Å². The number of esters is 1. The minimum atomic E-state index is -1.23. The smallest absolute Gasteiger partial charge is 0.311 e. The number of Topliss-reactive ketones (excluding diaryl/α,β-unsaturated/α-hetero) is 1. The quantitative estimate of drug-likeness (QED) is 0.181. The Balaban J connectivity index is 1.65. The number of methoxy groups -OCH3 is 1. The summed E-state index contributed by atoms with van der Waals surface area (Å²) in [6.07, 6.45) is -6.10. The van der Waals surface area contributed by atoms with Crippen molar-refractivity contribution in [3.63, 3.8) is 0 Å². The molecule has 14 nitrogen and oxygen atoms in total. The summed E-state index contributed by atoms with van der Waals surface area (Å²) < 4.78 is 53.0. The lowest BCUT2D eigenvalue weighted by Crippen LogP contribution is -2.61. The number of ether oxygens (including phenoxy) is 8. The second-order valence-corrected chi connectivity index (χ2v) is 20.4. The van der Waals surface area contributed by atoms with Gasteiger partial charge < -0.3 is 53.0 Å². The van der Waals surface area contributed by atoms with Crippen LogP contribution in [-0.2, 0) is 54.0 Å². The van der Waals surface area contributed by atoms with E-state index < -0.39 is 102 Å². The van der Waals surface area contributed by atoms with Crippen LogP contribution in [0.2, 0.25) is 0 Å². The fraction of sp³-hybridized carbons (Fsp3) is 0.800. The van der Waals surface area contributed by atoms with E-state index in [0.717, 1.165) is 11.1 Å². The van der Waals surface area contributed by atoms with Crippen molar-refractivity contribution in [2.45, 2.75) is 180 Å². The zero-order chi connectivity index (χ0) is 47.5. The molecule has 5 rings (SSSR count). The van der Waals surface area contributed by atoms with Gasteiger partial charge in [-0.2, -0.15) is 0 Å². The highest BCUT2D eigenvalue weighted by Gasteiger charge is 2.57. The molecule has 0 aliphatic carbocycles. The lowest BCUT2D eigenvalue weighted by Gasteiger charge is -2.50. The molecule has 4 heterocycles. The maximum atomic E-state index is 14.9. The first-order valence-corrected chi connectivity index (χ1v) is 23.6. The summed E-state index contributed by atoms with van der Waals surface area (Å²) >= 11 is 0. The van der Waals surface area contributed by atoms with Gasteiger partial charge in [0, 0.05) is 56.3 Å². The molecule has 0 spiro atoms. The van der Waals surface area contributed by atoms with Gasteiger partial charge in [0.05, 0.1) is 54.7 Å². The minimum absolute atomic E-state index is 0.00181. The molecule has 0 aromatic heterocycles. The van der Waals surface area contributed by atoms with Crippen LogP contribution >= 0.6 is 0 Å². The predicted octanol–water partition coefficient (Wildman–Crippen LogP) is 5.79. The number of carbonyl (C=O) groups is 2. The van der Waals surface area contributed by atoms with E-state index in [1.54, 1.807) is 21.0 Å². The van der Waals surface area contributed by atoms with Gasteiger partial charge in [-0.3, -0.25) is 14.5 Å². The second kappa shape index (κ2) is 21.7. The minimum Gasteiger partial charge on any atom is -0.459 e. The molecular formula is C50H82N2O12. The molecule has 0 radical (unpaired) electrons. The Morgan fingerprint density at radius 1 is 0.906 bits per heavy atom. The summed E-state index contributed by atoms with van der Waals surface area (Å²) in [6.45, 7) is 25.1. The Labute approximate surface area is 383 Å². The number of fused-ring (bicyclic) bond motifs is 1. The van der Waals surface area contributed by atoms with E-state index in [-0.39, 0.29) is 44.0 Å². The molecule has 14 heteroatoms. The molecule has 1 aromatic carbocycles. The standard InChI is InChI=1S/C50H82N2O12/c1-16-38-50(11)40(30(3)28-59-50)32(5)41(53)29(2)25-49(10,58-23-22-52(14)27-36-20-18-17-19-21-36)45(64-47-42(54)37(51(12)13)24-31(4)60-47)33(6)43(34(7)46(56)62-38)63-39-26-48(9,57-15)44(55)35(8)61-39/h17-21,29,31-35,37-40,42-45,47,54-55H,3,16,22-28H2,1-2,4-15H3/t29?,31-,32?,33+,34-,35+,37+,38-,39+,40+,42-,43+,44?,45-,47+,48-,49-,50-/m1/s1. The number of hydrogen-bond acceptors (Lipinski definition) is 14. The zero-order valence-electron chi connectivity index (χ0n) is 41.3. The summed E-state index contributed by atoms with van der Waals surface area (Å²) in [6, 6.07) is 9.93. The Bertz CT molecular complexity index is 1700. The van der Waals surface area contributed by atoms with Crippen LogP contribution in [0.3, 0.4) is 0 Å². The molecule has 364 valence electrons. The first-order valence-electron chi connectivity index (χ1n) is 23.6. The van der Waals surface area contributed by atoms with Gasteiger partial charge in [-0.1, -0.05) is 64.6 Å². The van der Waals surface area contributed by atoms with E-state index in [2.05, 4.69) is 23.6 Å². The van der Waals surface area contributed by atoms with Crippen molar-refractivity contribution in [3.8, 4) is 0 Å². The van der Waals surface area contributed by atoms with Crippen molar-refractivity contribution in [2.24, 2.45) is 29.6 Å². The predicted molar refractivity (Wildman–Crippen MR) is 243 cm³/mol. The molecular weight excluding hydrogens is 821 g/mol. The molecule has 1 aromatic rings. The van der Waals surface area contributed by atoms with Gasteiger partial charge in [-0.25, -0.2) is 0 Å². The SMILES string of the molecule is C=C1CO[C@]2(C)[C@@H](CC)OC(=O)[C@H](C)[C@@H](O[C@H]3C[C@@](C)(OC)C(O)[C@H](C)O3)[C@H](C)[C@@H](O[C@@H]3O[C@H](C)C[C@H](N(C)C)[C@H]3O)[C@](C)(OCCN(C)Cc3ccccc3)CC(C)C(=O)C(C)[C@H]12. The Morgan fingerprint density at radius 3 is 2.20 bits per heavy atom. The molecule has 4 fully saturated rings. The largest absolute Gasteiger partial charge is 0.459 e. The third kappa shape index (κ3) is 11.5. The molecule has 0 saturated carbocycles. The van der Waals surface area contributed by atoms with Crippen LogP contribution in [0.25, 0.3) is 0 Å². The van der Waals surface area contributed by atoms with Gasteiger partial charge in [0.15, 0.2) is 12.6 Å². The number of hydrogen-bond donors (Lipinski definition) is 2. The number of likely N-dealkylation sites (N-methyl/N-ethyl adjacent to an activating group) is 2. The second-order valence-electron chi connectivity index (χ2n) is 20.4. The lowest BCUT2D eigenvalue weighted by atomic mass is 9.69. The number of carbonyl (C=O) groups excluding carboxylic acids is 2. The number of rotatable bonds is 13. The van der Waals surface area contributed by atoms with Crippen LogP contribution in [0, 0.1) is 29.6 Å². The summed E-state index contributed by atoms with van der Waals surface area (Å²) in [5, 5.41) is 23.1. The number of aliphatic hydroxyl groups is 2. The van der Waals surface area contributed by atoms with Crippen molar-refractivity contribution in [2.75, 3.05) is 48.0 Å². The number of nitrogens with zero attached hydrogens (tertiary/aromatic N) is 2. The van der Waals surface area contributed by atoms with E-state index >= 15 is 0 Å². The number of ketones is 1. The van der Waals surface area contributed by atoms with E-state index in [9.17, 15) is 19.8 Å². The molecule has 4 saturated heterocycles. The van der Waals surface area contributed by atoms with Gasteiger partial charge in [-0.05, 0) is 93.1 Å². The average molecular weight is 903 g/mol. The summed E-state index contributed by atoms with van der Waals surface area (Å²) in [5.41, 5.74) is -1.33. The van der Waals surface area contributed by atoms with Gasteiger partial charge >= 0.3 is 5.97 Å². The van der Waals surface area contributed by atoms with E-state index in [1.165, 1.54) is 0 Å². The Kier molecular flexibility index (Phi) is 17.9. The maximum Gasteiger partial charge on any atom is 0.311 e. The molecule has 0 bridgehead atoms. The molecule has 0 amide bonds. The molecule has 4 aliphatic heterocycles.